The number of likely N-dealkylation sites (tertiary alicyclic amines) is 1. The van der Waals surface area contributed by atoms with Crippen LogP contribution in [0.2, 0.25) is 0 Å². The Hall–Kier alpha value is -1.14. The predicted octanol–water partition coefficient (Wildman–Crippen LogP) is 2.07. The second kappa shape index (κ2) is 5.88. The van der Waals surface area contributed by atoms with Crippen molar-refractivity contribution in [2.24, 2.45) is 0 Å². The molecule has 5 nitrogen and oxygen atoms in total. The van der Waals surface area contributed by atoms with Crippen molar-refractivity contribution >= 4 is 27.7 Å². The Morgan fingerprint density at radius 1 is 1.68 bits per heavy atom. The molecule has 0 aromatic carbocycles. The van der Waals surface area contributed by atoms with Gasteiger partial charge in [-0.2, -0.15) is 0 Å². The summed E-state index contributed by atoms with van der Waals surface area (Å²) >= 11 is 3.26. The van der Waals surface area contributed by atoms with Gasteiger partial charge in [0.2, 0.25) is 0 Å². The van der Waals surface area contributed by atoms with E-state index in [2.05, 4.69) is 32.9 Å². The van der Waals surface area contributed by atoms with E-state index in [9.17, 15) is 9.90 Å². The summed E-state index contributed by atoms with van der Waals surface area (Å²) in [5.74, 6) is -0.425. The lowest BCUT2D eigenvalue weighted by molar-refractivity contribution is 0.0697. The fourth-order valence-corrected chi connectivity index (χ4v) is 2.84. The van der Waals surface area contributed by atoms with Crippen LogP contribution >= 0.6 is 15.9 Å². The molecule has 2 heterocycles. The quantitative estimate of drug-likeness (QED) is 0.917. The normalized spacial score (nSPS) is 19.6. The Labute approximate surface area is 121 Å². The van der Waals surface area contributed by atoms with Gasteiger partial charge in [0.25, 0.3) is 0 Å². The first kappa shape index (κ1) is 14.3. The molecular formula is C13H18BrN3O2. The smallest absolute Gasteiger partial charge is 0.339 e. The van der Waals surface area contributed by atoms with Gasteiger partial charge in [-0.3, -0.25) is 0 Å². The average Bonchev–Trinajstić information content (AvgIpc) is 2.74. The van der Waals surface area contributed by atoms with E-state index in [-0.39, 0.29) is 5.56 Å². The molecule has 104 valence electrons. The van der Waals surface area contributed by atoms with Gasteiger partial charge in [-0.1, -0.05) is 0 Å². The molecule has 0 amide bonds. The van der Waals surface area contributed by atoms with Crippen LogP contribution in [0, 0.1) is 0 Å². The number of carbonyl (C=O) groups is 1. The summed E-state index contributed by atoms with van der Waals surface area (Å²) in [5.41, 5.74) is 0.234. The highest BCUT2D eigenvalue weighted by molar-refractivity contribution is 9.10. The van der Waals surface area contributed by atoms with E-state index >= 15 is 0 Å². The summed E-state index contributed by atoms with van der Waals surface area (Å²) < 4.78 is 0.681. The van der Waals surface area contributed by atoms with Crippen molar-refractivity contribution in [2.45, 2.75) is 18.9 Å². The number of carboxylic acid groups (broad SMARTS) is 1. The summed E-state index contributed by atoms with van der Waals surface area (Å²) in [6.07, 6.45) is 3.99. The molecule has 1 fully saturated rings. The molecule has 1 unspecified atom stereocenters. The number of carboxylic acids is 1. The minimum absolute atomic E-state index is 0.234. The zero-order valence-corrected chi connectivity index (χ0v) is 12.7. The van der Waals surface area contributed by atoms with Crippen LogP contribution in [0.15, 0.2) is 16.7 Å². The van der Waals surface area contributed by atoms with Gasteiger partial charge in [0.1, 0.15) is 11.4 Å². The van der Waals surface area contributed by atoms with Crippen LogP contribution in [-0.2, 0) is 0 Å². The monoisotopic (exact) mass is 327 g/mol. The summed E-state index contributed by atoms with van der Waals surface area (Å²) in [6, 6.07) is 2.07. The van der Waals surface area contributed by atoms with Crippen molar-refractivity contribution in [3.8, 4) is 0 Å². The molecule has 0 bridgehead atoms. The van der Waals surface area contributed by atoms with Gasteiger partial charge in [-0.25, -0.2) is 9.78 Å². The second-order valence-corrected chi connectivity index (χ2v) is 5.90. The zero-order valence-electron chi connectivity index (χ0n) is 11.1. The molecule has 2 rings (SSSR count). The third kappa shape index (κ3) is 3.25. The van der Waals surface area contributed by atoms with Crippen molar-refractivity contribution < 1.29 is 9.90 Å². The molecule has 1 aliphatic heterocycles. The van der Waals surface area contributed by atoms with E-state index in [1.54, 1.807) is 12.3 Å². The van der Waals surface area contributed by atoms with Crippen molar-refractivity contribution in [3.63, 3.8) is 0 Å². The highest BCUT2D eigenvalue weighted by Gasteiger charge is 2.24. The largest absolute Gasteiger partial charge is 0.478 e. The van der Waals surface area contributed by atoms with E-state index in [1.807, 2.05) is 11.9 Å². The standard InChI is InChI=1S/C13H18BrN3O2/c1-16-5-3-4-10(16)8-17(2)12-11(13(18)19)6-9(14)7-15-12/h6-7,10H,3-5,8H2,1-2H3,(H,18,19). The summed E-state index contributed by atoms with van der Waals surface area (Å²) in [5, 5.41) is 9.25. The Morgan fingerprint density at radius 3 is 3.00 bits per heavy atom. The molecule has 0 saturated carbocycles. The van der Waals surface area contributed by atoms with E-state index in [0.29, 0.717) is 16.3 Å². The van der Waals surface area contributed by atoms with Crippen molar-refractivity contribution in [1.82, 2.24) is 9.88 Å². The summed E-state index contributed by atoms with van der Waals surface area (Å²) in [6.45, 7) is 1.91. The lowest BCUT2D eigenvalue weighted by Gasteiger charge is -2.27. The van der Waals surface area contributed by atoms with Gasteiger partial charge >= 0.3 is 5.97 Å². The molecule has 19 heavy (non-hydrogen) atoms. The molecule has 1 N–H and O–H groups in total. The van der Waals surface area contributed by atoms with Crippen LogP contribution in [0.4, 0.5) is 5.82 Å². The van der Waals surface area contributed by atoms with Crippen LogP contribution < -0.4 is 4.90 Å². The lowest BCUT2D eigenvalue weighted by atomic mass is 10.2. The average molecular weight is 328 g/mol. The maximum absolute atomic E-state index is 11.3. The third-order valence-electron chi connectivity index (χ3n) is 3.58. The first-order valence-electron chi connectivity index (χ1n) is 6.29. The van der Waals surface area contributed by atoms with Gasteiger partial charge < -0.3 is 14.9 Å². The van der Waals surface area contributed by atoms with Crippen LogP contribution in [0.5, 0.6) is 0 Å². The third-order valence-corrected chi connectivity index (χ3v) is 4.02. The molecule has 0 spiro atoms. The van der Waals surface area contributed by atoms with E-state index in [4.69, 9.17) is 0 Å². The molecule has 6 heteroatoms. The minimum Gasteiger partial charge on any atom is -0.478 e. The lowest BCUT2D eigenvalue weighted by Crippen LogP contribution is -2.37. The molecule has 1 saturated heterocycles. The molecule has 1 aliphatic rings. The fraction of sp³-hybridized carbons (Fsp3) is 0.538. The Kier molecular flexibility index (Phi) is 4.42. The van der Waals surface area contributed by atoms with Gasteiger partial charge in [0, 0.05) is 30.3 Å². The number of likely N-dealkylation sites (N-methyl/N-ethyl adjacent to an activating group) is 2. The summed E-state index contributed by atoms with van der Waals surface area (Å²) in [4.78, 5) is 19.8. The first-order chi connectivity index (χ1) is 8.99. The van der Waals surface area contributed by atoms with Crippen molar-refractivity contribution in [2.75, 3.05) is 32.1 Å². The maximum atomic E-state index is 11.3. The number of aromatic nitrogens is 1. The Morgan fingerprint density at radius 2 is 2.42 bits per heavy atom. The number of pyridine rings is 1. The highest BCUT2D eigenvalue weighted by atomic mass is 79.9. The van der Waals surface area contributed by atoms with Crippen LogP contribution in [0.1, 0.15) is 23.2 Å². The predicted molar refractivity (Wildman–Crippen MR) is 77.8 cm³/mol. The number of aromatic carboxylic acids is 1. The van der Waals surface area contributed by atoms with Gasteiger partial charge in [0.15, 0.2) is 0 Å². The highest BCUT2D eigenvalue weighted by Crippen LogP contribution is 2.23. The van der Waals surface area contributed by atoms with Crippen LogP contribution in [0.25, 0.3) is 0 Å². The molecular weight excluding hydrogens is 310 g/mol. The molecule has 1 aromatic rings. The van der Waals surface area contributed by atoms with Crippen molar-refractivity contribution in [1.29, 1.82) is 0 Å². The molecule has 0 aliphatic carbocycles. The first-order valence-corrected chi connectivity index (χ1v) is 7.08. The zero-order chi connectivity index (χ0) is 14.0. The second-order valence-electron chi connectivity index (χ2n) is 4.99. The fourth-order valence-electron chi connectivity index (χ4n) is 2.51. The number of hydrogen-bond acceptors (Lipinski definition) is 4. The number of halogens is 1. The number of anilines is 1. The van der Waals surface area contributed by atoms with E-state index in [1.165, 1.54) is 6.42 Å². The SMILES string of the molecule is CN(CC1CCCN1C)c1ncc(Br)cc1C(=O)O. The summed E-state index contributed by atoms with van der Waals surface area (Å²) in [7, 11) is 4.01. The van der Waals surface area contributed by atoms with E-state index in [0.717, 1.165) is 19.5 Å². The number of nitrogens with zero attached hydrogens (tertiary/aromatic N) is 3. The number of hydrogen-bond donors (Lipinski definition) is 1. The van der Waals surface area contributed by atoms with Crippen LogP contribution in [0.3, 0.4) is 0 Å². The minimum atomic E-state index is -0.949. The Bertz CT molecular complexity index is 481. The topological polar surface area (TPSA) is 56.7 Å². The van der Waals surface area contributed by atoms with Crippen LogP contribution in [-0.4, -0.2) is 54.2 Å². The Balaban J connectivity index is 2.18. The van der Waals surface area contributed by atoms with Crippen molar-refractivity contribution in [3.05, 3.63) is 22.3 Å². The van der Waals surface area contributed by atoms with Gasteiger partial charge in [-0.05, 0) is 48.4 Å². The molecule has 1 aromatic heterocycles. The maximum Gasteiger partial charge on any atom is 0.339 e. The number of rotatable bonds is 4. The van der Waals surface area contributed by atoms with Gasteiger partial charge in [-0.15, -0.1) is 0 Å². The van der Waals surface area contributed by atoms with E-state index < -0.39 is 5.97 Å². The molecule has 0 radical (unpaired) electrons. The van der Waals surface area contributed by atoms with Gasteiger partial charge in [0.05, 0.1) is 0 Å². The molecule has 1 atom stereocenters.